The van der Waals surface area contributed by atoms with E-state index in [1.54, 1.807) is 54.7 Å². The molecule has 0 saturated carbocycles. The van der Waals surface area contributed by atoms with Crippen LogP contribution in [0.4, 0.5) is 0 Å². The molecule has 0 spiro atoms. The molecule has 0 radical (unpaired) electrons. The number of fused-ring (bicyclic) bond motifs is 1. The number of aromatic nitrogens is 3. The van der Waals surface area contributed by atoms with Gasteiger partial charge in [-0.15, -0.1) is 0 Å². The van der Waals surface area contributed by atoms with Gasteiger partial charge in [0.05, 0.1) is 0 Å². The van der Waals surface area contributed by atoms with E-state index in [4.69, 9.17) is 4.63 Å². The highest BCUT2D eigenvalue weighted by Gasteiger charge is 2.15. The molecule has 0 aliphatic carbocycles. The highest BCUT2D eigenvalue weighted by Crippen LogP contribution is 2.32. The summed E-state index contributed by atoms with van der Waals surface area (Å²) in [5, 5.41) is 26.8. The smallest absolute Gasteiger partial charge is 0.162 e. The Labute approximate surface area is 130 Å². The predicted octanol–water partition coefficient (Wildman–Crippen LogP) is 3.36. The number of aromatic hydroxyl groups is 2. The topological polar surface area (TPSA) is 92.3 Å². The van der Waals surface area contributed by atoms with Crippen molar-refractivity contribution in [2.45, 2.75) is 0 Å². The Morgan fingerprint density at radius 3 is 1.91 bits per heavy atom. The number of hydrogen-bond acceptors (Lipinski definition) is 6. The lowest BCUT2D eigenvalue weighted by Crippen LogP contribution is -1.89. The molecule has 0 bridgehead atoms. The fraction of sp³-hybridized carbons (Fsp3) is 0. The van der Waals surface area contributed by atoms with Crippen LogP contribution in [0, 0.1) is 0 Å². The second kappa shape index (κ2) is 5.10. The minimum atomic E-state index is 0.184. The van der Waals surface area contributed by atoms with E-state index in [0.717, 1.165) is 16.7 Å². The third-order valence-corrected chi connectivity index (χ3v) is 3.61. The first-order chi connectivity index (χ1) is 11.2. The molecule has 2 aromatic heterocycles. The number of nitrogens with zero attached hydrogens (tertiary/aromatic N) is 3. The van der Waals surface area contributed by atoms with E-state index in [9.17, 15) is 10.2 Å². The number of pyridine rings is 1. The van der Waals surface area contributed by atoms with Gasteiger partial charge in [0.1, 0.15) is 22.7 Å². The average Bonchev–Trinajstić information content (AvgIpc) is 3.05. The number of rotatable bonds is 2. The van der Waals surface area contributed by atoms with Crippen molar-refractivity contribution in [2.24, 2.45) is 0 Å². The van der Waals surface area contributed by atoms with Crippen molar-refractivity contribution in [3.05, 3.63) is 54.7 Å². The highest BCUT2D eigenvalue weighted by atomic mass is 16.6. The molecule has 0 atom stereocenters. The van der Waals surface area contributed by atoms with Gasteiger partial charge in [0, 0.05) is 17.3 Å². The van der Waals surface area contributed by atoms with Gasteiger partial charge in [-0.2, -0.15) is 0 Å². The van der Waals surface area contributed by atoms with Crippen LogP contribution in [-0.2, 0) is 0 Å². The monoisotopic (exact) mass is 305 g/mol. The summed E-state index contributed by atoms with van der Waals surface area (Å²) in [5.74, 6) is 0.376. The number of hydrogen-bond donors (Lipinski definition) is 2. The summed E-state index contributed by atoms with van der Waals surface area (Å²) in [6.45, 7) is 0. The van der Waals surface area contributed by atoms with Crippen LogP contribution in [-0.4, -0.2) is 25.5 Å². The zero-order chi connectivity index (χ0) is 15.8. The van der Waals surface area contributed by atoms with Crippen molar-refractivity contribution in [1.29, 1.82) is 0 Å². The van der Waals surface area contributed by atoms with E-state index < -0.39 is 0 Å². The predicted molar refractivity (Wildman–Crippen MR) is 83.8 cm³/mol. The Hall–Kier alpha value is -3.41. The molecule has 6 heteroatoms. The maximum absolute atomic E-state index is 9.41. The molecule has 0 unspecified atom stereocenters. The van der Waals surface area contributed by atoms with E-state index in [1.165, 1.54) is 0 Å². The third-order valence-electron chi connectivity index (χ3n) is 3.61. The molecule has 23 heavy (non-hydrogen) atoms. The van der Waals surface area contributed by atoms with Crippen molar-refractivity contribution in [3.8, 4) is 33.9 Å². The lowest BCUT2D eigenvalue weighted by Gasteiger charge is -2.05. The molecule has 0 amide bonds. The summed E-state index contributed by atoms with van der Waals surface area (Å²) in [5.41, 5.74) is 4.19. The van der Waals surface area contributed by atoms with Gasteiger partial charge in [-0.05, 0) is 52.3 Å². The molecule has 0 aliphatic rings. The van der Waals surface area contributed by atoms with Gasteiger partial charge in [0.25, 0.3) is 0 Å². The van der Waals surface area contributed by atoms with Gasteiger partial charge < -0.3 is 10.2 Å². The molecule has 2 N–H and O–H groups in total. The second-order valence-corrected chi connectivity index (χ2v) is 5.08. The summed E-state index contributed by atoms with van der Waals surface area (Å²) >= 11 is 0. The molecular weight excluding hydrogens is 294 g/mol. The van der Waals surface area contributed by atoms with E-state index in [-0.39, 0.29) is 11.5 Å². The first-order valence-corrected chi connectivity index (χ1v) is 6.92. The number of phenolic OH excluding ortho intramolecular Hbond substituents is 2. The molecule has 0 fully saturated rings. The molecule has 4 aromatic rings. The first-order valence-electron chi connectivity index (χ1n) is 6.92. The van der Waals surface area contributed by atoms with Gasteiger partial charge >= 0.3 is 0 Å². The molecular formula is C17H11N3O3. The molecule has 2 aromatic carbocycles. The Balaban J connectivity index is 1.91. The van der Waals surface area contributed by atoms with Gasteiger partial charge in [-0.1, -0.05) is 12.1 Å². The van der Waals surface area contributed by atoms with Crippen LogP contribution < -0.4 is 0 Å². The maximum atomic E-state index is 9.41. The summed E-state index contributed by atoms with van der Waals surface area (Å²) in [7, 11) is 0. The Kier molecular flexibility index (Phi) is 2.94. The van der Waals surface area contributed by atoms with Gasteiger partial charge in [-0.25, -0.2) is 4.63 Å². The molecule has 0 saturated heterocycles. The van der Waals surface area contributed by atoms with Crippen molar-refractivity contribution in [1.82, 2.24) is 15.3 Å². The zero-order valence-electron chi connectivity index (χ0n) is 11.8. The minimum absolute atomic E-state index is 0.184. The van der Waals surface area contributed by atoms with E-state index in [0.29, 0.717) is 16.7 Å². The SMILES string of the molecule is Oc1ccc(-c2cnc(-c3ccc(O)cc3)c3nonc23)cc1. The minimum Gasteiger partial charge on any atom is -0.508 e. The second-order valence-electron chi connectivity index (χ2n) is 5.08. The van der Waals surface area contributed by atoms with E-state index in [2.05, 4.69) is 15.3 Å². The fourth-order valence-electron chi connectivity index (χ4n) is 2.45. The molecule has 4 rings (SSSR count). The molecule has 0 aliphatic heterocycles. The van der Waals surface area contributed by atoms with E-state index in [1.807, 2.05) is 0 Å². The molecule has 112 valence electrons. The van der Waals surface area contributed by atoms with Gasteiger partial charge in [0.15, 0.2) is 5.52 Å². The first kappa shape index (κ1) is 13.3. The van der Waals surface area contributed by atoms with Gasteiger partial charge in [-0.3, -0.25) is 4.98 Å². The third kappa shape index (κ3) is 2.26. The average molecular weight is 305 g/mol. The van der Waals surface area contributed by atoms with Crippen LogP contribution in [0.1, 0.15) is 0 Å². The Morgan fingerprint density at radius 1 is 0.696 bits per heavy atom. The van der Waals surface area contributed by atoms with Crippen LogP contribution in [0.15, 0.2) is 59.4 Å². The number of phenols is 2. The van der Waals surface area contributed by atoms with Crippen LogP contribution in [0.3, 0.4) is 0 Å². The summed E-state index contributed by atoms with van der Waals surface area (Å²) in [6.07, 6.45) is 1.70. The number of benzene rings is 2. The van der Waals surface area contributed by atoms with Crippen molar-refractivity contribution < 1.29 is 14.8 Å². The molecule has 2 heterocycles. The molecule has 6 nitrogen and oxygen atoms in total. The van der Waals surface area contributed by atoms with E-state index >= 15 is 0 Å². The van der Waals surface area contributed by atoms with Crippen molar-refractivity contribution in [2.75, 3.05) is 0 Å². The van der Waals surface area contributed by atoms with Crippen molar-refractivity contribution >= 4 is 11.0 Å². The normalized spacial score (nSPS) is 11.0. The quantitative estimate of drug-likeness (QED) is 0.590. The standard InChI is InChI=1S/C17H11N3O3/c21-12-5-1-10(2-6-12)14-9-18-15(17-16(14)19-23-20-17)11-3-7-13(22)8-4-11/h1-9,21-22H. The van der Waals surface area contributed by atoms with Gasteiger partial charge in [0.2, 0.25) is 0 Å². The van der Waals surface area contributed by atoms with Crippen LogP contribution >= 0.6 is 0 Å². The lowest BCUT2D eigenvalue weighted by molar-refractivity contribution is 0.315. The van der Waals surface area contributed by atoms with Crippen LogP contribution in [0.2, 0.25) is 0 Å². The van der Waals surface area contributed by atoms with Crippen molar-refractivity contribution in [3.63, 3.8) is 0 Å². The summed E-state index contributed by atoms with van der Waals surface area (Å²) in [4.78, 5) is 4.47. The largest absolute Gasteiger partial charge is 0.508 e. The zero-order valence-corrected chi connectivity index (χ0v) is 11.8. The Morgan fingerprint density at radius 2 is 1.26 bits per heavy atom. The lowest BCUT2D eigenvalue weighted by atomic mass is 10.0. The van der Waals surface area contributed by atoms with Crippen LogP contribution in [0.5, 0.6) is 11.5 Å². The summed E-state index contributed by atoms with van der Waals surface area (Å²) < 4.78 is 4.90. The highest BCUT2D eigenvalue weighted by molar-refractivity contribution is 5.97. The fourth-order valence-corrected chi connectivity index (χ4v) is 2.45. The summed E-state index contributed by atoms with van der Waals surface area (Å²) in [6, 6.07) is 13.4. The maximum Gasteiger partial charge on any atom is 0.162 e. The van der Waals surface area contributed by atoms with Crippen LogP contribution in [0.25, 0.3) is 33.4 Å². The Bertz CT molecular complexity index is 897.